The average molecular weight is 556 g/mol. The maximum absolute atomic E-state index is 13.7. The first kappa shape index (κ1) is 33.9. The van der Waals surface area contributed by atoms with Crippen molar-refractivity contribution in [3.8, 4) is 5.88 Å². The Morgan fingerprint density at radius 2 is 1.26 bits per heavy atom. The molecule has 1 rings (SSSR count). The largest absolute Gasteiger partial charge is 0.494 e. The Bertz CT molecular complexity index is 1130. The number of hydrogen-bond donors (Lipinski definition) is 2. The van der Waals surface area contributed by atoms with Crippen LogP contribution in [0.15, 0.2) is 15.7 Å². The van der Waals surface area contributed by atoms with E-state index in [1.54, 1.807) is 62.3 Å². The van der Waals surface area contributed by atoms with E-state index in [4.69, 9.17) is 19.9 Å². The van der Waals surface area contributed by atoms with Crippen LogP contribution in [0.2, 0.25) is 0 Å². The zero-order valence-corrected chi connectivity index (χ0v) is 24.7. The van der Waals surface area contributed by atoms with Gasteiger partial charge in [0.2, 0.25) is 5.88 Å². The van der Waals surface area contributed by atoms with Gasteiger partial charge in [-0.1, -0.05) is 0 Å². The third-order valence-electron chi connectivity index (χ3n) is 5.10. The molecule has 3 N–H and O–H groups in total. The quantitative estimate of drug-likeness (QED) is 0.235. The van der Waals surface area contributed by atoms with Crippen molar-refractivity contribution in [1.29, 1.82) is 0 Å². The third kappa shape index (κ3) is 11.2. The highest BCUT2D eigenvalue weighted by Gasteiger charge is 2.35. The number of rotatable bonds is 11. The number of carbonyl (C=O) groups is 3. The Morgan fingerprint density at radius 1 is 0.795 bits per heavy atom. The Morgan fingerprint density at radius 3 is 1.69 bits per heavy atom. The second-order valence-electron chi connectivity index (χ2n) is 12.4. The molecule has 0 saturated heterocycles. The van der Waals surface area contributed by atoms with Crippen LogP contribution in [0.25, 0.3) is 0 Å². The van der Waals surface area contributed by atoms with Gasteiger partial charge < -0.3 is 25.1 Å². The standard InChI is InChI=1S/C27H45N3O9/c1-25(2,3)37-21(33)14-13-18(23(35)39-27(7,8)9)30-20(32)16-19(31)29(24(30)36)17(12-10-11-15-28)22(34)38-26(4,5)6/h16-18,32H,10-15,28H2,1-9H3/t17-,18-/m0/s1. The zero-order chi connectivity index (χ0) is 30.3. The SMILES string of the molecule is CC(C)(C)OC(=O)CC[C@@H](C(=O)OC(C)(C)C)n1c(O)cc(=O)n([C@@H](CCCCN)C(=O)OC(C)(C)C)c1=O. The number of ether oxygens (including phenoxy) is 3. The van der Waals surface area contributed by atoms with Crippen molar-refractivity contribution < 1.29 is 33.7 Å². The second kappa shape index (κ2) is 13.3. The lowest BCUT2D eigenvalue weighted by Gasteiger charge is -2.28. The van der Waals surface area contributed by atoms with Gasteiger partial charge >= 0.3 is 23.6 Å². The van der Waals surface area contributed by atoms with Gasteiger partial charge in [-0.25, -0.2) is 23.5 Å². The first-order valence-electron chi connectivity index (χ1n) is 13.1. The molecule has 0 bridgehead atoms. The Labute approximate surface area is 229 Å². The fourth-order valence-electron chi connectivity index (χ4n) is 3.71. The molecule has 0 amide bonds. The summed E-state index contributed by atoms with van der Waals surface area (Å²) in [6, 6.07) is -2.10. The van der Waals surface area contributed by atoms with E-state index in [0.717, 1.165) is 6.07 Å². The number of hydrogen-bond acceptors (Lipinski definition) is 10. The summed E-state index contributed by atoms with van der Waals surface area (Å²) in [5.41, 5.74) is 0.856. The molecule has 1 aromatic rings. The normalized spacial score (nSPS) is 13.9. The number of nitrogens with two attached hydrogens (primary N) is 1. The highest BCUT2D eigenvalue weighted by molar-refractivity contribution is 5.77. The summed E-state index contributed by atoms with van der Waals surface area (Å²) in [4.78, 5) is 65.5. The summed E-state index contributed by atoms with van der Waals surface area (Å²) in [5, 5.41) is 10.7. The highest BCUT2D eigenvalue weighted by Crippen LogP contribution is 2.25. The molecule has 1 aromatic heterocycles. The van der Waals surface area contributed by atoms with Gasteiger partial charge in [-0.15, -0.1) is 0 Å². The molecular formula is C27H45N3O9. The summed E-state index contributed by atoms with van der Waals surface area (Å²) in [7, 11) is 0. The van der Waals surface area contributed by atoms with Crippen molar-refractivity contribution >= 4 is 17.9 Å². The minimum Gasteiger partial charge on any atom is -0.494 e. The number of unbranched alkanes of at least 4 members (excludes halogenated alkanes) is 1. The molecule has 2 atom stereocenters. The van der Waals surface area contributed by atoms with Crippen molar-refractivity contribution in [2.45, 2.75) is 123 Å². The lowest BCUT2D eigenvalue weighted by atomic mass is 10.1. The molecule has 0 unspecified atom stereocenters. The monoisotopic (exact) mass is 555 g/mol. The van der Waals surface area contributed by atoms with Crippen molar-refractivity contribution in [2.24, 2.45) is 5.73 Å². The van der Waals surface area contributed by atoms with Crippen LogP contribution in [-0.2, 0) is 28.6 Å². The topological polar surface area (TPSA) is 169 Å². The van der Waals surface area contributed by atoms with Crippen LogP contribution in [0.3, 0.4) is 0 Å². The molecule has 0 fully saturated rings. The molecule has 0 radical (unpaired) electrons. The highest BCUT2D eigenvalue weighted by atomic mass is 16.6. The molecular weight excluding hydrogens is 510 g/mol. The Balaban J connectivity index is 3.71. The summed E-state index contributed by atoms with van der Waals surface area (Å²) < 4.78 is 17.6. The number of carbonyl (C=O) groups excluding carboxylic acids is 3. The third-order valence-corrected chi connectivity index (χ3v) is 5.10. The van der Waals surface area contributed by atoms with Gasteiger partial charge in [0.25, 0.3) is 5.56 Å². The smallest absolute Gasteiger partial charge is 0.335 e. The molecule has 0 aromatic carbocycles. The Hall–Kier alpha value is -3.15. The number of esters is 3. The second-order valence-corrected chi connectivity index (χ2v) is 12.4. The fraction of sp³-hybridized carbons (Fsp3) is 0.741. The first-order chi connectivity index (χ1) is 17.7. The van der Waals surface area contributed by atoms with E-state index in [1.165, 1.54) is 0 Å². The number of nitrogens with zero attached hydrogens (tertiary/aromatic N) is 2. The number of aromatic hydroxyl groups is 1. The van der Waals surface area contributed by atoms with Gasteiger partial charge in [0.1, 0.15) is 28.9 Å². The van der Waals surface area contributed by atoms with Crippen molar-refractivity contribution in [3.63, 3.8) is 0 Å². The molecule has 39 heavy (non-hydrogen) atoms. The molecule has 222 valence electrons. The van der Waals surface area contributed by atoms with Crippen LogP contribution < -0.4 is 17.0 Å². The molecule has 1 heterocycles. The van der Waals surface area contributed by atoms with E-state index in [9.17, 15) is 29.1 Å². The maximum atomic E-state index is 13.7. The van der Waals surface area contributed by atoms with Gasteiger partial charge in [-0.2, -0.15) is 0 Å². The van der Waals surface area contributed by atoms with E-state index in [2.05, 4.69) is 0 Å². The van der Waals surface area contributed by atoms with Crippen LogP contribution in [0.1, 0.15) is 107 Å². The fourth-order valence-corrected chi connectivity index (χ4v) is 3.71. The van der Waals surface area contributed by atoms with E-state index < -0.39 is 63.9 Å². The van der Waals surface area contributed by atoms with E-state index in [-0.39, 0.29) is 19.3 Å². The van der Waals surface area contributed by atoms with E-state index in [0.29, 0.717) is 28.5 Å². The van der Waals surface area contributed by atoms with Crippen LogP contribution >= 0.6 is 0 Å². The van der Waals surface area contributed by atoms with Crippen molar-refractivity contribution in [2.75, 3.05) is 6.54 Å². The van der Waals surface area contributed by atoms with Crippen LogP contribution in [0.5, 0.6) is 5.88 Å². The van der Waals surface area contributed by atoms with E-state index >= 15 is 0 Å². The molecule has 12 heteroatoms. The first-order valence-corrected chi connectivity index (χ1v) is 13.1. The van der Waals surface area contributed by atoms with Crippen LogP contribution in [0, 0.1) is 0 Å². The maximum Gasteiger partial charge on any atom is 0.335 e. The molecule has 0 aliphatic heterocycles. The van der Waals surface area contributed by atoms with Gasteiger partial charge in [-0.3, -0.25) is 9.59 Å². The molecule has 12 nitrogen and oxygen atoms in total. The van der Waals surface area contributed by atoms with Crippen molar-refractivity contribution in [3.05, 3.63) is 26.9 Å². The minimum absolute atomic E-state index is 0.0566. The van der Waals surface area contributed by atoms with Gasteiger partial charge in [0.05, 0.1) is 6.07 Å². The minimum atomic E-state index is -1.50. The van der Waals surface area contributed by atoms with Crippen LogP contribution in [0.4, 0.5) is 0 Å². The van der Waals surface area contributed by atoms with E-state index in [1.807, 2.05) is 0 Å². The zero-order valence-electron chi connectivity index (χ0n) is 24.7. The average Bonchev–Trinajstić information content (AvgIpc) is 2.70. The predicted molar refractivity (Wildman–Crippen MR) is 144 cm³/mol. The molecule has 0 spiro atoms. The van der Waals surface area contributed by atoms with Crippen molar-refractivity contribution in [1.82, 2.24) is 9.13 Å². The summed E-state index contributed by atoms with van der Waals surface area (Å²) in [5.74, 6) is -3.18. The molecule has 0 aliphatic carbocycles. The summed E-state index contributed by atoms with van der Waals surface area (Å²) in [6.45, 7) is 15.2. The lowest BCUT2D eigenvalue weighted by Crippen LogP contribution is -2.47. The molecule has 0 aliphatic rings. The number of aromatic nitrogens is 2. The van der Waals surface area contributed by atoms with Gasteiger partial charge in [0, 0.05) is 6.42 Å². The Kier molecular flexibility index (Phi) is 11.5. The lowest BCUT2D eigenvalue weighted by molar-refractivity contribution is -0.161. The van der Waals surface area contributed by atoms with Crippen LogP contribution in [-0.4, -0.2) is 55.5 Å². The van der Waals surface area contributed by atoms with Gasteiger partial charge in [0.15, 0.2) is 0 Å². The molecule has 0 saturated carbocycles. The summed E-state index contributed by atoms with van der Waals surface area (Å²) in [6.07, 6.45) is 0.414. The predicted octanol–water partition coefficient (Wildman–Crippen LogP) is 2.73. The summed E-state index contributed by atoms with van der Waals surface area (Å²) >= 11 is 0. The van der Waals surface area contributed by atoms with Gasteiger partial charge in [-0.05, 0) is 94.5 Å².